The summed E-state index contributed by atoms with van der Waals surface area (Å²) in [5.74, 6) is -0.249. The SMILES string of the molecule is CC/C=C\C/C=C\C/C=C\C/C=C\C/C=C\C/C=C\CCCCC(=O)NC(COC1OC(CO)C(OC2OC(CO)C(O)C(O)C2O)C(O)C1O)C(O)CCCCCCCCCCCCCCCCCCCCCCCCCC. The van der Waals surface area contributed by atoms with Crippen LogP contribution < -0.4 is 5.32 Å². The van der Waals surface area contributed by atoms with Crippen LogP contribution in [0.2, 0.25) is 0 Å². The van der Waals surface area contributed by atoms with Gasteiger partial charge in [-0.2, -0.15) is 0 Å². The van der Waals surface area contributed by atoms with Crippen LogP contribution in [0.1, 0.15) is 239 Å². The van der Waals surface area contributed by atoms with Gasteiger partial charge in [0.2, 0.25) is 5.91 Å². The Morgan fingerprint density at radius 1 is 0.468 bits per heavy atom. The van der Waals surface area contributed by atoms with Crippen molar-refractivity contribution in [1.82, 2.24) is 5.32 Å². The second kappa shape index (κ2) is 50.0. The van der Waals surface area contributed by atoms with E-state index in [0.29, 0.717) is 12.8 Å². The minimum absolute atomic E-state index is 0.246. The topological polar surface area (TPSA) is 228 Å². The van der Waals surface area contributed by atoms with E-state index in [0.717, 1.165) is 77.0 Å². The summed E-state index contributed by atoms with van der Waals surface area (Å²) in [6, 6.07) is -0.857. The maximum atomic E-state index is 13.3. The molecule has 1 amide bonds. The normalized spacial score (nSPS) is 24.9. The van der Waals surface area contributed by atoms with Crippen molar-refractivity contribution in [3.05, 3.63) is 72.9 Å². The number of rotatable bonds is 50. The second-order valence-corrected chi connectivity index (χ2v) is 22.2. The largest absolute Gasteiger partial charge is 0.394 e. The number of allylic oxidation sites excluding steroid dienone is 12. The summed E-state index contributed by atoms with van der Waals surface area (Å²) in [6.07, 6.45) is 49.0. The van der Waals surface area contributed by atoms with Gasteiger partial charge in [0, 0.05) is 6.42 Å². The molecule has 0 spiro atoms. The molecule has 0 radical (unpaired) electrons. The van der Waals surface area contributed by atoms with Gasteiger partial charge in [0.05, 0.1) is 32.0 Å². The summed E-state index contributed by atoms with van der Waals surface area (Å²) in [7, 11) is 0. The van der Waals surface area contributed by atoms with Gasteiger partial charge in [0.25, 0.3) is 0 Å². The van der Waals surface area contributed by atoms with Crippen molar-refractivity contribution < 1.29 is 64.6 Å². The molecule has 2 fully saturated rings. The van der Waals surface area contributed by atoms with Crippen molar-refractivity contribution in [2.45, 2.75) is 312 Å². The third-order valence-electron chi connectivity index (χ3n) is 15.2. The number of hydrogen-bond donors (Lipinski definition) is 9. The quantitative estimate of drug-likeness (QED) is 0.0204. The smallest absolute Gasteiger partial charge is 0.220 e. The third kappa shape index (κ3) is 35.2. The van der Waals surface area contributed by atoms with Crippen molar-refractivity contribution >= 4 is 5.91 Å². The summed E-state index contributed by atoms with van der Waals surface area (Å²) < 4.78 is 22.8. The molecule has 14 heteroatoms. The number of amides is 1. The van der Waals surface area contributed by atoms with E-state index in [1.807, 2.05) is 0 Å². The first-order chi connectivity index (χ1) is 38.6. The zero-order valence-corrected chi connectivity index (χ0v) is 49.3. The van der Waals surface area contributed by atoms with Crippen LogP contribution in [0.15, 0.2) is 72.9 Å². The Bertz CT molecular complexity index is 1600. The number of unbranched alkanes of at least 4 members (excludes halogenated alkanes) is 25. The number of aliphatic hydroxyl groups is 8. The van der Waals surface area contributed by atoms with Gasteiger partial charge in [-0.15, -0.1) is 0 Å². The first-order valence-corrected chi connectivity index (χ1v) is 31.7. The van der Waals surface area contributed by atoms with Gasteiger partial charge >= 0.3 is 0 Å². The first kappa shape index (κ1) is 72.5. The molecule has 0 aromatic rings. The van der Waals surface area contributed by atoms with Crippen molar-refractivity contribution in [3.63, 3.8) is 0 Å². The van der Waals surface area contributed by atoms with E-state index in [9.17, 15) is 45.6 Å². The number of hydrogen-bond acceptors (Lipinski definition) is 13. The molecule has 0 aliphatic carbocycles. The summed E-state index contributed by atoms with van der Waals surface area (Å²) in [6.45, 7) is 2.73. The Kier molecular flexibility index (Phi) is 45.9. The molecular formula is C65H115NO13. The van der Waals surface area contributed by atoms with Gasteiger partial charge < -0.3 is 65.1 Å². The fourth-order valence-corrected chi connectivity index (χ4v) is 10.1. The lowest BCUT2D eigenvalue weighted by Crippen LogP contribution is -2.65. The van der Waals surface area contributed by atoms with Crippen molar-refractivity contribution in [3.8, 4) is 0 Å². The zero-order chi connectivity index (χ0) is 57.4. The molecule has 2 heterocycles. The molecule has 0 aromatic carbocycles. The molecular weight excluding hydrogens is 1000 g/mol. The number of ether oxygens (including phenoxy) is 4. The molecule has 12 atom stereocenters. The fraction of sp³-hybridized carbons (Fsp3) is 0.800. The van der Waals surface area contributed by atoms with Crippen molar-refractivity contribution in [2.24, 2.45) is 0 Å². The molecule has 14 nitrogen and oxygen atoms in total. The van der Waals surface area contributed by atoms with Gasteiger partial charge in [0.15, 0.2) is 12.6 Å². The van der Waals surface area contributed by atoms with Gasteiger partial charge in [0.1, 0.15) is 48.8 Å². The average molecular weight is 1120 g/mol. The van der Waals surface area contributed by atoms with E-state index < -0.39 is 86.8 Å². The first-order valence-electron chi connectivity index (χ1n) is 31.7. The number of aliphatic hydroxyl groups excluding tert-OH is 8. The molecule has 0 saturated carbocycles. The number of carbonyl (C=O) groups is 1. The summed E-state index contributed by atoms with van der Waals surface area (Å²) in [5, 5.41) is 87.4. The maximum Gasteiger partial charge on any atom is 0.220 e. The van der Waals surface area contributed by atoms with E-state index in [2.05, 4.69) is 92.1 Å². The lowest BCUT2D eigenvalue weighted by molar-refractivity contribution is -0.359. The summed E-state index contributed by atoms with van der Waals surface area (Å²) in [4.78, 5) is 13.3. The van der Waals surface area contributed by atoms with E-state index >= 15 is 0 Å². The molecule has 79 heavy (non-hydrogen) atoms. The Hall–Kier alpha value is -2.57. The lowest BCUT2D eigenvalue weighted by atomic mass is 9.97. The minimum Gasteiger partial charge on any atom is -0.394 e. The molecule has 2 aliphatic heterocycles. The van der Waals surface area contributed by atoms with E-state index in [1.165, 1.54) is 128 Å². The van der Waals surface area contributed by atoms with Crippen LogP contribution in [0.5, 0.6) is 0 Å². The summed E-state index contributed by atoms with van der Waals surface area (Å²) in [5.41, 5.74) is 0. The highest BCUT2D eigenvalue weighted by atomic mass is 16.7. The van der Waals surface area contributed by atoms with Crippen LogP contribution in [0.4, 0.5) is 0 Å². The second-order valence-electron chi connectivity index (χ2n) is 22.2. The third-order valence-corrected chi connectivity index (χ3v) is 15.2. The Balaban J connectivity index is 1.75. The highest BCUT2D eigenvalue weighted by Gasteiger charge is 2.51. The van der Waals surface area contributed by atoms with E-state index in [4.69, 9.17) is 18.9 Å². The molecule has 9 N–H and O–H groups in total. The number of nitrogens with one attached hydrogen (secondary N) is 1. The number of carbonyl (C=O) groups excluding carboxylic acids is 1. The van der Waals surface area contributed by atoms with Gasteiger partial charge in [-0.25, -0.2) is 0 Å². The predicted octanol–water partition coefficient (Wildman–Crippen LogP) is 11.5. The van der Waals surface area contributed by atoms with Crippen LogP contribution in [-0.2, 0) is 23.7 Å². The fourth-order valence-electron chi connectivity index (χ4n) is 10.1. The van der Waals surface area contributed by atoms with E-state index in [-0.39, 0.29) is 18.9 Å². The summed E-state index contributed by atoms with van der Waals surface area (Å²) >= 11 is 0. The van der Waals surface area contributed by atoms with E-state index in [1.54, 1.807) is 0 Å². The maximum absolute atomic E-state index is 13.3. The molecule has 2 aliphatic rings. The molecule has 458 valence electrons. The Morgan fingerprint density at radius 3 is 1.32 bits per heavy atom. The van der Waals surface area contributed by atoms with Crippen LogP contribution >= 0.6 is 0 Å². The molecule has 2 rings (SSSR count). The minimum atomic E-state index is -1.79. The van der Waals surface area contributed by atoms with Gasteiger partial charge in [-0.1, -0.05) is 241 Å². The van der Waals surface area contributed by atoms with Crippen LogP contribution in [0.3, 0.4) is 0 Å². The highest BCUT2D eigenvalue weighted by molar-refractivity contribution is 5.76. The van der Waals surface area contributed by atoms with Crippen molar-refractivity contribution in [2.75, 3.05) is 19.8 Å². The van der Waals surface area contributed by atoms with Crippen molar-refractivity contribution in [1.29, 1.82) is 0 Å². The van der Waals surface area contributed by atoms with Gasteiger partial charge in [-0.05, 0) is 64.2 Å². The monoisotopic (exact) mass is 1120 g/mol. The lowest BCUT2D eigenvalue weighted by Gasteiger charge is -2.46. The van der Waals surface area contributed by atoms with Gasteiger partial charge in [-0.3, -0.25) is 4.79 Å². The molecule has 12 unspecified atom stereocenters. The standard InChI is InChI=1S/C65H115NO13/c1-3-5-7-9-11-13-15-17-19-21-23-25-26-27-29-30-32-34-36-38-40-42-44-46-48-54(69)53(52-76-64-62(75)60(73)63(56(51-68)78-64)79-65-61(74)59(72)58(71)55(50-67)77-65)66-57(70)49-47-45-43-41-39-37-35-33-31-28-24-22-20-18-16-14-12-10-8-6-4-2/h6,8,12,14,18,20,24,28,33,35,39,41,53-56,58-65,67-69,71-75H,3-5,7,9-11,13,15-17,19,21-23,25-27,29-32,34,36-38,40,42-52H2,1-2H3,(H,66,70)/b8-6-,14-12-,20-18-,28-24-,35-33-,41-39-. The zero-order valence-electron chi connectivity index (χ0n) is 49.3. The predicted molar refractivity (Wildman–Crippen MR) is 318 cm³/mol. The molecule has 2 saturated heterocycles. The average Bonchev–Trinajstić information content (AvgIpc) is 3.47. The Morgan fingerprint density at radius 2 is 0.873 bits per heavy atom. The molecule has 0 bridgehead atoms. The van der Waals surface area contributed by atoms with Crippen LogP contribution in [-0.4, -0.2) is 140 Å². The highest BCUT2D eigenvalue weighted by Crippen LogP contribution is 2.30. The van der Waals surface area contributed by atoms with Crippen LogP contribution in [0.25, 0.3) is 0 Å². The molecule has 0 aromatic heterocycles. The Labute approximate surface area is 478 Å². The van der Waals surface area contributed by atoms with Crippen LogP contribution in [0, 0.1) is 0 Å².